The Morgan fingerprint density at radius 1 is 1.28 bits per heavy atom. The first-order chi connectivity index (χ1) is 8.70. The minimum absolute atomic E-state index is 0.205. The molecule has 2 bridgehead atoms. The molecule has 2 fully saturated rings. The van der Waals surface area contributed by atoms with Gasteiger partial charge in [0.25, 0.3) is 0 Å². The standard InChI is InChI=1S/C14H18ClFN2/c15-14-4-1-11(16)7-10(14)8-18-6-5-12-2-3-13(9-18)17-12/h1,4,7,12-13,17H,2-3,5-6,8-9H2. The van der Waals surface area contributed by atoms with E-state index in [0.717, 1.165) is 25.2 Å². The zero-order chi connectivity index (χ0) is 12.5. The van der Waals surface area contributed by atoms with E-state index >= 15 is 0 Å². The predicted octanol–water partition coefficient (Wildman–Crippen LogP) is 2.81. The molecular formula is C14H18ClFN2. The van der Waals surface area contributed by atoms with Gasteiger partial charge in [-0.1, -0.05) is 11.6 Å². The van der Waals surface area contributed by atoms with Crippen molar-refractivity contribution in [3.63, 3.8) is 0 Å². The third kappa shape index (κ3) is 2.68. The Morgan fingerprint density at radius 2 is 2.11 bits per heavy atom. The number of nitrogens with one attached hydrogen (secondary N) is 1. The fourth-order valence-corrected chi connectivity index (χ4v) is 3.24. The summed E-state index contributed by atoms with van der Waals surface area (Å²) < 4.78 is 13.2. The molecule has 0 amide bonds. The van der Waals surface area contributed by atoms with Crippen LogP contribution in [0.1, 0.15) is 24.8 Å². The van der Waals surface area contributed by atoms with E-state index < -0.39 is 0 Å². The van der Waals surface area contributed by atoms with E-state index in [2.05, 4.69) is 10.2 Å². The number of rotatable bonds is 2. The molecule has 2 aliphatic rings. The molecule has 98 valence electrons. The van der Waals surface area contributed by atoms with Crippen molar-refractivity contribution in [3.05, 3.63) is 34.6 Å². The number of hydrogen-bond acceptors (Lipinski definition) is 2. The Balaban J connectivity index is 1.70. The van der Waals surface area contributed by atoms with Crippen molar-refractivity contribution in [2.75, 3.05) is 13.1 Å². The summed E-state index contributed by atoms with van der Waals surface area (Å²) in [6.45, 7) is 2.87. The van der Waals surface area contributed by atoms with Gasteiger partial charge in [0.2, 0.25) is 0 Å². The predicted molar refractivity (Wildman–Crippen MR) is 71.2 cm³/mol. The van der Waals surface area contributed by atoms with Gasteiger partial charge in [-0.3, -0.25) is 4.90 Å². The van der Waals surface area contributed by atoms with Crippen LogP contribution in [0.4, 0.5) is 4.39 Å². The SMILES string of the molecule is Fc1ccc(Cl)c(CN2CCC3CCC(C2)N3)c1. The van der Waals surface area contributed by atoms with Crippen LogP contribution in [-0.2, 0) is 6.54 Å². The van der Waals surface area contributed by atoms with Gasteiger partial charge in [-0.05, 0) is 43.0 Å². The quantitative estimate of drug-likeness (QED) is 0.887. The summed E-state index contributed by atoms with van der Waals surface area (Å²) >= 11 is 6.13. The van der Waals surface area contributed by atoms with Crippen molar-refractivity contribution in [1.82, 2.24) is 10.2 Å². The highest BCUT2D eigenvalue weighted by molar-refractivity contribution is 6.31. The molecule has 0 spiro atoms. The van der Waals surface area contributed by atoms with Gasteiger partial charge >= 0.3 is 0 Å². The van der Waals surface area contributed by atoms with Gasteiger partial charge in [0.05, 0.1) is 0 Å². The first-order valence-electron chi connectivity index (χ1n) is 6.63. The van der Waals surface area contributed by atoms with Crippen LogP contribution in [0.25, 0.3) is 0 Å². The lowest BCUT2D eigenvalue weighted by molar-refractivity contribution is 0.250. The van der Waals surface area contributed by atoms with Crippen LogP contribution in [0.15, 0.2) is 18.2 Å². The van der Waals surface area contributed by atoms with Crippen molar-refractivity contribution in [2.45, 2.75) is 37.9 Å². The molecule has 0 aromatic heterocycles. The normalized spacial score (nSPS) is 28.3. The number of nitrogens with zero attached hydrogens (tertiary/aromatic N) is 1. The van der Waals surface area contributed by atoms with Crippen LogP contribution >= 0.6 is 11.6 Å². The molecule has 0 aliphatic carbocycles. The highest BCUT2D eigenvalue weighted by Gasteiger charge is 2.29. The molecule has 1 aromatic rings. The van der Waals surface area contributed by atoms with Crippen molar-refractivity contribution in [3.8, 4) is 0 Å². The maximum Gasteiger partial charge on any atom is 0.123 e. The van der Waals surface area contributed by atoms with E-state index in [0.29, 0.717) is 17.1 Å². The average molecular weight is 269 g/mol. The third-order valence-corrected chi connectivity index (χ3v) is 4.38. The molecule has 4 heteroatoms. The molecule has 0 radical (unpaired) electrons. The number of halogens is 2. The summed E-state index contributed by atoms with van der Waals surface area (Å²) in [5.74, 6) is -0.205. The zero-order valence-electron chi connectivity index (χ0n) is 10.3. The van der Waals surface area contributed by atoms with E-state index in [9.17, 15) is 4.39 Å². The number of fused-ring (bicyclic) bond motifs is 2. The Kier molecular flexibility index (Phi) is 3.55. The molecule has 2 heterocycles. The minimum Gasteiger partial charge on any atom is -0.310 e. The van der Waals surface area contributed by atoms with Crippen molar-refractivity contribution < 1.29 is 4.39 Å². The zero-order valence-corrected chi connectivity index (χ0v) is 11.1. The summed E-state index contributed by atoms with van der Waals surface area (Å²) in [6.07, 6.45) is 3.75. The fraction of sp³-hybridized carbons (Fsp3) is 0.571. The van der Waals surface area contributed by atoms with Crippen molar-refractivity contribution in [2.24, 2.45) is 0 Å². The monoisotopic (exact) mass is 268 g/mol. The highest BCUT2D eigenvalue weighted by atomic mass is 35.5. The van der Waals surface area contributed by atoms with E-state index in [1.54, 1.807) is 12.1 Å². The number of likely N-dealkylation sites (tertiary alicyclic amines) is 1. The molecule has 0 saturated carbocycles. The van der Waals surface area contributed by atoms with Gasteiger partial charge in [0, 0.05) is 36.7 Å². The molecule has 18 heavy (non-hydrogen) atoms. The summed E-state index contributed by atoms with van der Waals surface area (Å²) in [6, 6.07) is 5.90. The van der Waals surface area contributed by atoms with E-state index in [1.165, 1.54) is 25.3 Å². The molecule has 2 atom stereocenters. The first-order valence-corrected chi connectivity index (χ1v) is 7.01. The number of hydrogen-bond donors (Lipinski definition) is 1. The molecule has 2 aliphatic heterocycles. The molecule has 1 aromatic carbocycles. The van der Waals surface area contributed by atoms with Gasteiger partial charge < -0.3 is 5.32 Å². The van der Waals surface area contributed by atoms with E-state index in [4.69, 9.17) is 11.6 Å². The van der Waals surface area contributed by atoms with Crippen LogP contribution in [-0.4, -0.2) is 30.1 Å². The summed E-state index contributed by atoms with van der Waals surface area (Å²) in [5.41, 5.74) is 0.898. The van der Waals surface area contributed by atoms with Crippen LogP contribution < -0.4 is 5.32 Å². The molecule has 2 unspecified atom stereocenters. The molecular weight excluding hydrogens is 251 g/mol. The van der Waals surface area contributed by atoms with Crippen LogP contribution in [0.5, 0.6) is 0 Å². The summed E-state index contributed by atoms with van der Waals surface area (Å²) in [4.78, 5) is 2.39. The van der Waals surface area contributed by atoms with Gasteiger partial charge in [0.15, 0.2) is 0 Å². The Labute approximate surface area is 112 Å². The lowest BCUT2D eigenvalue weighted by Gasteiger charge is -2.24. The topological polar surface area (TPSA) is 15.3 Å². The lowest BCUT2D eigenvalue weighted by atomic mass is 10.1. The van der Waals surface area contributed by atoms with Gasteiger partial charge in [0.1, 0.15) is 5.82 Å². The second-order valence-electron chi connectivity index (χ2n) is 5.40. The smallest absolute Gasteiger partial charge is 0.123 e. The second-order valence-corrected chi connectivity index (χ2v) is 5.80. The molecule has 3 rings (SSSR count). The maximum atomic E-state index is 13.2. The second kappa shape index (κ2) is 5.16. The van der Waals surface area contributed by atoms with Crippen molar-refractivity contribution >= 4 is 11.6 Å². The summed E-state index contributed by atoms with van der Waals surface area (Å²) in [5, 5.41) is 4.31. The average Bonchev–Trinajstić information content (AvgIpc) is 2.67. The highest BCUT2D eigenvalue weighted by Crippen LogP contribution is 2.24. The van der Waals surface area contributed by atoms with Crippen molar-refractivity contribution in [1.29, 1.82) is 0 Å². The third-order valence-electron chi connectivity index (χ3n) is 4.01. The van der Waals surface area contributed by atoms with Crippen LogP contribution in [0.2, 0.25) is 5.02 Å². The van der Waals surface area contributed by atoms with Gasteiger partial charge in [-0.2, -0.15) is 0 Å². The Hall–Kier alpha value is -0.640. The van der Waals surface area contributed by atoms with Gasteiger partial charge in [-0.25, -0.2) is 4.39 Å². The van der Waals surface area contributed by atoms with Crippen LogP contribution in [0.3, 0.4) is 0 Å². The number of benzene rings is 1. The maximum absolute atomic E-state index is 13.2. The lowest BCUT2D eigenvalue weighted by Crippen LogP contribution is -2.35. The first kappa shape index (κ1) is 12.4. The Bertz CT molecular complexity index is 438. The fourth-order valence-electron chi connectivity index (χ4n) is 3.06. The molecule has 1 N–H and O–H groups in total. The largest absolute Gasteiger partial charge is 0.310 e. The summed E-state index contributed by atoms with van der Waals surface area (Å²) in [7, 11) is 0. The Morgan fingerprint density at radius 3 is 3.00 bits per heavy atom. The van der Waals surface area contributed by atoms with E-state index in [1.807, 2.05) is 0 Å². The van der Waals surface area contributed by atoms with Crippen LogP contribution in [0, 0.1) is 5.82 Å². The van der Waals surface area contributed by atoms with E-state index in [-0.39, 0.29) is 5.82 Å². The molecule has 2 saturated heterocycles. The molecule has 2 nitrogen and oxygen atoms in total. The van der Waals surface area contributed by atoms with Gasteiger partial charge in [-0.15, -0.1) is 0 Å². The minimum atomic E-state index is -0.205.